The second-order valence-corrected chi connectivity index (χ2v) is 7.50. The van der Waals surface area contributed by atoms with Crippen LogP contribution in [0.1, 0.15) is 28.4 Å². The number of pyridine rings is 1. The van der Waals surface area contributed by atoms with E-state index in [1.807, 2.05) is 54.6 Å². The van der Waals surface area contributed by atoms with E-state index in [0.717, 1.165) is 24.2 Å². The Morgan fingerprint density at radius 1 is 1.03 bits per heavy atom. The van der Waals surface area contributed by atoms with Gasteiger partial charge < -0.3 is 15.5 Å². The Labute approximate surface area is 176 Å². The third-order valence-electron chi connectivity index (χ3n) is 4.54. The van der Waals surface area contributed by atoms with Crippen LogP contribution in [0.4, 0.5) is 11.5 Å². The number of nitrogens with one attached hydrogen (secondary N) is 2. The van der Waals surface area contributed by atoms with E-state index in [9.17, 15) is 4.79 Å². The molecule has 2 N–H and O–H groups in total. The van der Waals surface area contributed by atoms with Crippen LogP contribution in [-0.2, 0) is 0 Å². The van der Waals surface area contributed by atoms with Crippen LogP contribution in [-0.4, -0.2) is 36.4 Å². The fourth-order valence-electron chi connectivity index (χ4n) is 2.98. The molecule has 1 unspecified atom stereocenters. The van der Waals surface area contributed by atoms with E-state index in [4.69, 9.17) is 11.6 Å². The van der Waals surface area contributed by atoms with Gasteiger partial charge in [-0.3, -0.25) is 4.79 Å². The third-order valence-corrected chi connectivity index (χ3v) is 4.79. The van der Waals surface area contributed by atoms with Crippen LogP contribution in [0.2, 0.25) is 5.02 Å². The number of hydrogen-bond donors (Lipinski definition) is 2. The van der Waals surface area contributed by atoms with Crippen LogP contribution < -0.4 is 10.6 Å². The third kappa shape index (κ3) is 6.04. The van der Waals surface area contributed by atoms with Gasteiger partial charge in [0.2, 0.25) is 0 Å². The van der Waals surface area contributed by atoms with Crippen molar-refractivity contribution in [3.63, 3.8) is 0 Å². The number of amides is 1. The number of nitrogens with zero attached hydrogens (tertiary/aromatic N) is 2. The van der Waals surface area contributed by atoms with Crippen molar-refractivity contribution >= 4 is 29.0 Å². The zero-order valence-electron chi connectivity index (χ0n) is 16.6. The predicted octanol–water partition coefficient (Wildman–Crippen LogP) is 5.09. The van der Waals surface area contributed by atoms with Crippen molar-refractivity contribution in [1.82, 2.24) is 9.88 Å². The molecule has 1 atom stereocenters. The Morgan fingerprint density at radius 3 is 2.45 bits per heavy atom. The molecule has 1 amide bonds. The molecule has 0 aliphatic rings. The Morgan fingerprint density at radius 2 is 1.76 bits per heavy atom. The van der Waals surface area contributed by atoms with Crippen molar-refractivity contribution < 1.29 is 4.79 Å². The maximum absolute atomic E-state index is 12.6. The molecule has 1 aromatic heterocycles. The summed E-state index contributed by atoms with van der Waals surface area (Å²) in [4.78, 5) is 19.1. The Hall–Kier alpha value is -2.89. The smallest absolute Gasteiger partial charge is 0.256 e. The first-order valence-corrected chi connectivity index (χ1v) is 9.89. The van der Waals surface area contributed by atoms with Crippen molar-refractivity contribution in [3.8, 4) is 0 Å². The molecule has 0 aliphatic carbocycles. The number of anilines is 2. The zero-order valence-corrected chi connectivity index (χ0v) is 17.4. The number of carbonyl (C=O) groups excluding carboxylic acids is 1. The van der Waals surface area contributed by atoms with Crippen LogP contribution in [0.5, 0.6) is 0 Å². The standard InChI is InChI=1S/C23H25ClN4O/c1-28(2)16-14-20(17-10-12-19(24)13-11-17)26-21-9-6-15-25-22(21)27-23(29)18-7-4-3-5-8-18/h3-13,15,20,26H,14,16H2,1-2H3,(H,25,27,29). The minimum absolute atomic E-state index is 0.0474. The normalized spacial score (nSPS) is 11.9. The van der Waals surface area contributed by atoms with Gasteiger partial charge in [0, 0.05) is 16.8 Å². The molecule has 6 heteroatoms. The molecule has 5 nitrogen and oxygen atoms in total. The minimum Gasteiger partial charge on any atom is -0.375 e. The van der Waals surface area contributed by atoms with Crippen LogP contribution in [0.15, 0.2) is 72.9 Å². The molecule has 3 aromatic rings. The second-order valence-electron chi connectivity index (χ2n) is 7.06. The highest BCUT2D eigenvalue weighted by molar-refractivity contribution is 6.30. The first kappa shape index (κ1) is 20.8. The summed E-state index contributed by atoms with van der Waals surface area (Å²) in [6.45, 7) is 0.909. The van der Waals surface area contributed by atoms with Gasteiger partial charge in [-0.15, -0.1) is 0 Å². The zero-order chi connectivity index (χ0) is 20.6. The van der Waals surface area contributed by atoms with Gasteiger partial charge >= 0.3 is 0 Å². The molecule has 3 rings (SSSR count). The van der Waals surface area contributed by atoms with E-state index in [1.54, 1.807) is 18.3 Å². The van der Waals surface area contributed by atoms with Crippen LogP contribution in [0, 0.1) is 0 Å². The highest BCUT2D eigenvalue weighted by atomic mass is 35.5. The summed E-state index contributed by atoms with van der Waals surface area (Å²) < 4.78 is 0. The second kappa shape index (κ2) is 10.0. The molecule has 2 aromatic carbocycles. The molecular formula is C23H25ClN4O. The van der Waals surface area contributed by atoms with Crippen molar-refractivity contribution in [2.75, 3.05) is 31.3 Å². The van der Waals surface area contributed by atoms with Gasteiger partial charge in [0.05, 0.1) is 11.7 Å². The fraction of sp³-hybridized carbons (Fsp3) is 0.217. The van der Waals surface area contributed by atoms with Gasteiger partial charge in [-0.25, -0.2) is 4.98 Å². The predicted molar refractivity (Wildman–Crippen MR) is 120 cm³/mol. The monoisotopic (exact) mass is 408 g/mol. The lowest BCUT2D eigenvalue weighted by Crippen LogP contribution is -2.21. The first-order valence-electron chi connectivity index (χ1n) is 9.51. The molecule has 0 saturated carbocycles. The lowest BCUT2D eigenvalue weighted by molar-refractivity contribution is 0.102. The van der Waals surface area contributed by atoms with Gasteiger partial charge in [0.1, 0.15) is 0 Å². The highest BCUT2D eigenvalue weighted by Crippen LogP contribution is 2.28. The van der Waals surface area contributed by atoms with E-state index in [-0.39, 0.29) is 11.9 Å². The number of aromatic nitrogens is 1. The van der Waals surface area contributed by atoms with E-state index in [1.165, 1.54) is 0 Å². The van der Waals surface area contributed by atoms with Gasteiger partial charge in [0.15, 0.2) is 5.82 Å². The van der Waals surface area contributed by atoms with Crippen molar-refractivity contribution in [2.24, 2.45) is 0 Å². The number of halogens is 1. The average molecular weight is 409 g/mol. The van der Waals surface area contributed by atoms with Crippen molar-refractivity contribution in [2.45, 2.75) is 12.5 Å². The minimum atomic E-state index is -0.191. The van der Waals surface area contributed by atoms with E-state index < -0.39 is 0 Å². The summed E-state index contributed by atoms with van der Waals surface area (Å²) in [6, 6.07) is 20.8. The highest BCUT2D eigenvalue weighted by Gasteiger charge is 2.16. The van der Waals surface area contributed by atoms with Crippen molar-refractivity contribution in [1.29, 1.82) is 0 Å². The molecule has 29 heavy (non-hydrogen) atoms. The van der Waals surface area contributed by atoms with Crippen molar-refractivity contribution in [3.05, 3.63) is 89.1 Å². The molecule has 0 saturated heterocycles. The SMILES string of the molecule is CN(C)CCC(Nc1cccnc1NC(=O)c1ccccc1)c1ccc(Cl)cc1. The molecular weight excluding hydrogens is 384 g/mol. The lowest BCUT2D eigenvalue weighted by atomic mass is 10.0. The summed E-state index contributed by atoms with van der Waals surface area (Å²) in [5, 5.41) is 7.17. The fourth-order valence-corrected chi connectivity index (χ4v) is 3.11. The Bertz CT molecular complexity index is 929. The quantitative estimate of drug-likeness (QED) is 0.545. The topological polar surface area (TPSA) is 57.3 Å². The summed E-state index contributed by atoms with van der Waals surface area (Å²) >= 11 is 6.06. The summed E-state index contributed by atoms with van der Waals surface area (Å²) in [5.41, 5.74) is 2.49. The Kier molecular flexibility index (Phi) is 7.22. The van der Waals surface area contributed by atoms with E-state index >= 15 is 0 Å². The number of carbonyl (C=O) groups is 1. The first-order chi connectivity index (χ1) is 14.0. The summed E-state index contributed by atoms with van der Waals surface area (Å²) in [6.07, 6.45) is 2.55. The van der Waals surface area contributed by atoms with E-state index in [2.05, 4.69) is 34.6 Å². The summed E-state index contributed by atoms with van der Waals surface area (Å²) in [7, 11) is 4.10. The Balaban J connectivity index is 1.82. The molecule has 0 fully saturated rings. The average Bonchev–Trinajstić information content (AvgIpc) is 2.73. The molecule has 0 aliphatic heterocycles. The number of benzene rings is 2. The van der Waals surface area contributed by atoms with Gasteiger partial charge in [0.25, 0.3) is 5.91 Å². The molecule has 0 radical (unpaired) electrons. The molecule has 0 bridgehead atoms. The van der Waals surface area contributed by atoms with Crippen LogP contribution in [0.3, 0.4) is 0 Å². The molecule has 0 spiro atoms. The van der Waals surface area contributed by atoms with E-state index in [0.29, 0.717) is 16.4 Å². The summed E-state index contributed by atoms with van der Waals surface area (Å²) in [5.74, 6) is 0.314. The lowest BCUT2D eigenvalue weighted by Gasteiger charge is -2.23. The van der Waals surface area contributed by atoms with Gasteiger partial charge in [-0.1, -0.05) is 41.9 Å². The largest absolute Gasteiger partial charge is 0.375 e. The maximum Gasteiger partial charge on any atom is 0.256 e. The van der Waals surface area contributed by atoms with Gasteiger partial charge in [-0.05, 0) is 69.0 Å². The van der Waals surface area contributed by atoms with Crippen LogP contribution in [0.25, 0.3) is 0 Å². The number of hydrogen-bond acceptors (Lipinski definition) is 4. The molecule has 150 valence electrons. The van der Waals surface area contributed by atoms with Gasteiger partial charge in [-0.2, -0.15) is 0 Å². The molecule has 1 heterocycles. The van der Waals surface area contributed by atoms with Crippen LogP contribution >= 0.6 is 11.6 Å². The maximum atomic E-state index is 12.6. The number of rotatable bonds is 8.